The van der Waals surface area contributed by atoms with Crippen LogP contribution in [0.1, 0.15) is 57.4 Å². The standard InChI is InChI=1S/C26H32N4O4/c1-15(34-21-12-13-27-24-18(21)9-11-22(32)29-24)8-10-20(31)16(2)23-19-14-26(19,23)30-25(33)28-17-6-4-3-5-7-17/h8,10,12-13,17,19,23,31H,2-7,9,11,14H2,1H3,(H,27,29,32)(H2,28,30,33)/b15-8+,20-10+/t19-,23+,26-/m0/s1. The van der Waals surface area contributed by atoms with Crippen molar-refractivity contribution in [2.24, 2.45) is 11.8 Å². The fraction of sp³-hybridized carbons (Fsp3) is 0.500. The van der Waals surface area contributed by atoms with Crippen molar-refractivity contribution < 1.29 is 19.4 Å². The number of amides is 3. The van der Waals surface area contributed by atoms with Crippen LogP contribution >= 0.6 is 0 Å². The Labute approximate surface area is 199 Å². The van der Waals surface area contributed by atoms with Gasteiger partial charge in [0.1, 0.15) is 23.1 Å². The lowest BCUT2D eigenvalue weighted by Gasteiger charge is -2.24. The third-order valence-electron chi connectivity index (χ3n) is 7.52. The zero-order chi connectivity index (χ0) is 23.9. The van der Waals surface area contributed by atoms with Gasteiger partial charge in [0, 0.05) is 30.1 Å². The normalized spacial score (nSPS) is 28.2. The second kappa shape index (κ2) is 8.81. The topological polar surface area (TPSA) is 113 Å². The molecule has 3 atom stereocenters. The zero-order valence-corrected chi connectivity index (χ0v) is 19.5. The van der Waals surface area contributed by atoms with Gasteiger partial charge in [-0.1, -0.05) is 25.8 Å². The number of hydrogen-bond acceptors (Lipinski definition) is 5. The molecule has 2 heterocycles. The largest absolute Gasteiger partial charge is 0.508 e. The van der Waals surface area contributed by atoms with Crippen molar-refractivity contribution >= 4 is 17.8 Å². The molecule has 0 radical (unpaired) electrons. The number of aromatic nitrogens is 1. The van der Waals surface area contributed by atoms with Gasteiger partial charge in [-0.3, -0.25) is 4.79 Å². The number of aliphatic hydroxyl groups excluding tert-OH is 1. The molecular formula is C26H32N4O4. The van der Waals surface area contributed by atoms with E-state index in [-0.39, 0.29) is 35.2 Å². The predicted molar refractivity (Wildman–Crippen MR) is 128 cm³/mol. The average molecular weight is 465 g/mol. The van der Waals surface area contributed by atoms with Gasteiger partial charge in [-0.15, -0.1) is 0 Å². The summed E-state index contributed by atoms with van der Waals surface area (Å²) in [7, 11) is 0. The summed E-state index contributed by atoms with van der Waals surface area (Å²) in [4.78, 5) is 28.2. The lowest BCUT2D eigenvalue weighted by Crippen LogP contribution is -2.46. The minimum Gasteiger partial charge on any atom is -0.508 e. The highest BCUT2D eigenvalue weighted by molar-refractivity contribution is 5.93. The number of rotatable bonds is 7. The number of carbonyl (C=O) groups excluding carboxylic acids is 2. The molecule has 1 aromatic rings. The Morgan fingerprint density at radius 3 is 2.85 bits per heavy atom. The van der Waals surface area contributed by atoms with Gasteiger partial charge >= 0.3 is 6.03 Å². The third-order valence-corrected chi connectivity index (χ3v) is 7.52. The number of fused-ring (bicyclic) bond motifs is 2. The molecule has 34 heavy (non-hydrogen) atoms. The summed E-state index contributed by atoms with van der Waals surface area (Å²) < 4.78 is 5.95. The molecule has 0 bridgehead atoms. The summed E-state index contributed by atoms with van der Waals surface area (Å²) in [6, 6.07) is 1.93. The van der Waals surface area contributed by atoms with Crippen LogP contribution in [0, 0.1) is 11.8 Å². The molecule has 0 spiro atoms. The van der Waals surface area contributed by atoms with Crippen molar-refractivity contribution in [1.82, 2.24) is 15.6 Å². The zero-order valence-electron chi connectivity index (χ0n) is 19.5. The first-order chi connectivity index (χ1) is 16.4. The number of carbonyl (C=O) groups is 2. The SMILES string of the molecule is C=C(/C(O)=C\C=C(/C)Oc1ccnc2c1CCC(=O)N2)[C@@H]1[C@@H]2C[C@@]12NC(=O)NC1CCCCC1. The van der Waals surface area contributed by atoms with Crippen molar-refractivity contribution in [3.63, 3.8) is 0 Å². The molecule has 180 valence electrons. The lowest BCUT2D eigenvalue weighted by molar-refractivity contribution is -0.116. The molecule has 0 unspecified atom stereocenters. The molecule has 3 aliphatic carbocycles. The van der Waals surface area contributed by atoms with Gasteiger partial charge in [0.2, 0.25) is 5.91 Å². The van der Waals surface area contributed by atoms with Crippen molar-refractivity contribution in [3.05, 3.63) is 53.6 Å². The van der Waals surface area contributed by atoms with Gasteiger partial charge in [0.25, 0.3) is 0 Å². The Morgan fingerprint density at radius 1 is 1.29 bits per heavy atom. The fourth-order valence-electron chi connectivity index (χ4n) is 5.39. The number of pyridine rings is 1. The fourth-order valence-corrected chi connectivity index (χ4v) is 5.39. The van der Waals surface area contributed by atoms with E-state index in [1.165, 1.54) is 19.3 Å². The number of anilines is 1. The van der Waals surface area contributed by atoms with E-state index in [9.17, 15) is 14.7 Å². The van der Waals surface area contributed by atoms with Gasteiger partial charge in [-0.05, 0) is 62.3 Å². The van der Waals surface area contributed by atoms with Crippen LogP contribution in [0.4, 0.5) is 10.6 Å². The summed E-state index contributed by atoms with van der Waals surface area (Å²) in [5, 5.41) is 19.6. The van der Waals surface area contributed by atoms with Crippen LogP contribution in [0.5, 0.6) is 5.75 Å². The van der Waals surface area contributed by atoms with Crippen molar-refractivity contribution in [2.75, 3.05) is 5.32 Å². The Hall–Kier alpha value is -3.29. The van der Waals surface area contributed by atoms with Gasteiger partial charge in [0.15, 0.2) is 0 Å². The molecule has 1 aliphatic heterocycles. The number of nitrogens with one attached hydrogen (secondary N) is 3. The van der Waals surface area contributed by atoms with E-state index in [1.807, 2.05) is 0 Å². The number of urea groups is 1. The van der Waals surface area contributed by atoms with Crippen LogP contribution < -0.4 is 20.7 Å². The molecule has 0 aromatic carbocycles. The summed E-state index contributed by atoms with van der Waals surface area (Å²) in [5.41, 5.74) is 1.26. The predicted octanol–water partition coefficient (Wildman–Crippen LogP) is 4.27. The highest BCUT2D eigenvalue weighted by atomic mass is 16.5. The monoisotopic (exact) mass is 464 g/mol. The van der Waals surface area contributed by atoms with Gasteiger partial charge in [-0.2, -0.15) is 0 Å². The number of allylic oxidation sites excluding steroid dienone is 4. The molecule has 3 amide bonds. The van der Waals surface area contributed by atoms with Gasteiger partial charge < -0.3 is 25.8 Å². The Kier molecular flexibility index (Phi) is 5.83. The van der Waals surface area contributed by atoms with Crippen LogP contribution in [0.2, 0.25) is 0 Å². The van der Waals surface area contributed by atoms with Crippen LogP contribution in [0.15, 0.2) is 48.1 Å². The van der Waals surface area contributed by atoms with Crippen molar-refractivity contribution in [1.29, 1.82) is 0 Å². The van der Waals surface area contributed by atoms with Crippen LogP contribution in [0.3, 0.4) is 0 Å². The Balaban J connectivity index is 1.16. The molecule has 4 N–H and O–H groups in total. The number of nitrogens with zero attached hydrogens (tertiary/aromatic N) is 1. The van der Waals surface area contributed by atoms with Gasteiger partial charge in [0.05, 0.1) is 5.54 Å². The summed E-state index contributed by atoms with van der Waals surface area (Å²) in [6.45, 7) is 5.88. The molecule has 0 saturated heterocycles. The molecule has 1 aromatic heterocycles. The van der Waals surface area contributed by atoms with Crippen molar-refractivity contribution in [3.8, 4) is 5.75 Å². The maximum absolute atomic E-state index is 12.5. The first-order valence-electron chi connectivity index (χ1n) is 12.2. The minimum absolute atomic E-state index is 0.0485. The number of ether oxygens (including phenoxy) is 1. The molecular weight excluding hydrogens is 432 g/mol. The van der Waals surface area contributed by atoms with E-state index in [2.05, 4.69) is 27.5 Å². The Morgan fingerprint density at radius 2 is 2.09 bits per heavy atom. The Bertz CT molecular complexity index is 1090. The number of aliphatic hydroxyl groups is 1. The van der Waals surface area contributed by atoms with E-state index < -0.39 is 0 Å². The highest BCUT2D eigenvalue weighted by Crippen LogP contribution is 2.74. The summed E-state index contributed by atoms with van der Waals surface area (Å²) >= 11 is 0. The third kappa shape index (κ3) is 4.41. The lowest BCUT2D eigenvalue weighted by atomic mass is 9.96. The van der Waals surface area contributed by atoms with Crippen LogP contribution in [0.25, 0.3) is 0 Å². The smallest absolute Gasteiger partial charge is 0.315 e. The van der Waals surface area contributed by atoms with Gasteiger partial charge in [-0.25, -0.2) is 9.78 Å². The van der Waals surface area contributed by atoms with E-state index in [4.69, 9.17) is 4.74 Å². The summed E-state index contributed by atoms with van der Waals surface area (Å²) in [6.07, 6.45) is 12.5. The van der Waals surface area contributed by atoms with E-state index >= 15 is 0 Å². The molecule has 8 heteroatoms. The van der Waals surface area contributed by atoms with E-state index in [0.29, 0.717) is 41.7 Å². The van der Waals surface area contributed by atoms with Crippen LogP contribution in [-0.2, 0) is 11.2 Å². The van der Waals surface area contributed by atoms with E-state index in [0.717, 1.165) is 24.8 Å². The van der Waals surface area contributed by atoms with E-state index in [1.54, 1.807) is 31.3 Å². The highest BCUT2D eigenvalue weighted by Gasteiger charge is 2.80. The quantitative estimate of drug-likeness (QED) is 0.356. The molecule has 4 aliphatic rings. The second-order valence-corrected chi connectivity index (χ2v) is 9.90. The summed E-state index contributed by atoms with van der Waals surface area (Å²) in [5.74, 6) is 2.24. The maximum Gasteiger partial charge on any atom is 0.315 e. The first-order valence-corrected chi connectivity index (χ1v) is 12.2. The minimum atomic E-state index is -0.243. The number of hydrogen-bond donors (Lipinski definition) is 4. The maximum atomic E-state index is 12.5. The average Bonchev–Trinajstić information content (AvgIpc) is 3.67. The molecule has 3 fully saturated rings. The van der Waals surface area contributed by atoms with Crippen LogP contribution in [-0.4, -0.2) is 33.6 Å². The molecule has 8 nitrogen and oxygen atoms in total. The molecule has 5 rings (SSSR count). The first kappa shape index (κ1) is 22.5. The van der Waals surface area contributed by atoms with Crippen molar-refractivity contribution in [2.45, 2.75) is 69.9 Å². The molecule has 3 saturated carbocycles. The second-order valence-electron chi connectivity index (χ2n) is 9.90.